The number of oxazole rings is 1. The van der Waals surface area contributed by atoms with Crippen LogP contribution < -0.4 is 0 Å². The van der Waals surface area contributed by atoms with Crippen molar-refractivity contribution >= 4 is 5.91 Å². The van der Waals surface area contributed by atoms with Crippen molar-refractivity contribution in [2.24, 2.45) is 5.41 Å². The summed E-state index contributed by atoms with van der Waals surface area (Å²) in [5.74, 6) is -0.0154. The number of carbonyl (C=O) groups is 1. The number of amides is 1. The van der Waals surface area contributed by atoms with E-state index >= 15 is 0 Å². The van der Waals surface area contributed by atoms with Crippen LogP contribution in [0.5, 0.6) is 0 Å². The van der Waals surface area contributed by atoms with Crippen LogP contribution in [-0.2, 0) is 4.74 Å². The Hall–Kier alpha value is -1.40. The number of carbonyl (C=O) groups excluding carboxylic acids is 1. The SMILES string of the molecule is COC[C@@H]1CC2(CCN(C(=O)c3cocn3)CC2)CN1C. The summed E-state index contributed by atoms with van der Waals surface area (Å²) in [7, 11) is 3.93. The molecule has 6 nitrogen and oxygen atoms in total. The smallest absolute Gasteiger partial charge is 0.275 e. The summed E-state index contributed by atoms with van der Waals surface area (Å²) < 4.78 is 10.2. The summed E-state index contributed by atoms with van der Waals surface area (Å²) in [6.45, 7) is 3.51. The summed E-state index contributed by atoms with van der Waals surface area (Å²) in [6.07, 6.45) is 6.01. The van der Waals surface area contributed by atoms with Gasteiger partial charge in [-0.15, -0.1) is 0 Å². The number of methoxy groups -OCH3 is 1. The Morgan fingerprint density at radius 2 is 2.29 bits per heavy atom. The number of rotatable bonds is 3. The van der Waals surface area contributed by atoms with Gasteiger partial charge < -0.3 is 19.0 Å². The second-order valence-corrected chi connectivity index (χ2v) is 6.39. The zero-order valence-electron chi connectivity index (χ0n) is 12.7. The van der Waals surface area contributed by atoms with Crippen LogP contribution in [0.3, 0.4) is 0 Å². The van der Waals surface area contributed by atoms with E-state index in [1.807, 2.05) is 4.90 Å². The Kier molecular flexibility index (Phi) is 3.99. The molecule has 2 fully saturated rings. The lowest BCUT2D eigenvalue weighted by atomic mass is 9.76. The number of nitrogens with zero attached hydrogens (tertiary/aromatic N) is 3. The van der Waals surface area contributed by atoms with Gasteiger partial charge in [-0.25, -0.2) is 4.98 Å². The minimum atomic E-state index is -0.0154. The van der Waals surface area contributed by atoms with Crippen molar-refractivity contribution in [3.05, 3.63) is 18.4 Å². The number of likely N-dealkylation sites (tertiary alicyclic amines) is 2. The Morgan fingerprint density at radius 1 is 1.52 bits per heavy atom. The summed E-state index contributed by atoms with van der Waals surface area (Å²) in [5.41, 5.74) is 0.755. The molecule has 6 heteroatoms. The molecule has 21 heavy (non-hydrogen) atoms. The fourth-order valence-corrected chi connectivity index (χ4v) is 3.78. The molecule has 3 rings (SSSR count). The van der Waals surface area contributed by atoms with Crippen LogP contribution in [0.4, 0.5) is 0 Å². The van der Waals surface area contributed by atoms with Crippen molar-refractivity contribution < 1.29 is 13.9 Å². The lowest BCUT2D eigenvalue weighted by molar-refractivity contribution is 0.0586. The van der Waals surface area contributed by atoms with Crippen molar-refractivity contribution in [1.82, 2.24) is 14.8 Å². The summed E-state index contributed by atoms with van der Waals surface area (Å²) in [6, 6.07) is 0.507. The third-order valence-corrected chi connectivity index (χ3v) is 5.00. The van der Waals surface area contributed by atoms with Gasteiger partial charge in [0.05, 0.1) is 6.61 Å². The van der Waals surface area contributed by atoms with Crippen molar-refractivity contribution in [1.29, 1.82) is 0 Å². The second-order valence-electron chi connectivity index (χ2n) is 6.39. The molecule has 0 aliphatic carbocycles. The molecule has 116 valence electrons. The van der Waals surface area contributed by atoms with Crippen LogP contribution in [0.2, 0.25) is 0 Å². The third kappa shape index (κ3) is 2.82. The summed E-state index contributed by atoms with van der Waals surface area (Å²) >= 11 is 0. The molecule has 1 atom stereocenters. The number of piperidine rings is 1. The van der Waals surface area contributed by atoms with Crippen LogP contribution in [0.1, 0.15) is 29.8 Å². The van der Waals surface area contributed by atoms with Crippen LogP contribution in [0.15, 0.2) is 17.1 Å². The normalized spacial score (nSPS) is 25.6. The summed E-state index contributed by atoms with van der Waals surface area (Å²) in [4.78, 5) is 20.5. The average Bonchev–Trinajstić information content (AvgIpc) is 3.09. The van der Waals surface area contributed by atoms with E-state index in [1.54, 1.807) is 7.11 Å². The van der Waals surface area contributed by atoms with Crippen LogP contribution >= 0.6 is 0 Å². The van der Waals surface area contributed by atoms with E-state index in [2.05, 4.69) is 16.9 Å². The molecule has 1 spiro atoms. The van der Waals surface area contributed by atoms with Gasteiger partial charge in [0.1, 0.15) is 6.26 Å². The van der Waals surface area contributed by atoms with Crippen molar-refractivity contribution in [3.63, 3.8) is 0 Å². The minimum Gasteiger partial charge on any atom is -0.451 e. The molecule has 2 aliphatic heterocycles. The maximum Gasteiger partial charge on any atom is 0.275 e. The quantitative estimate of drug-likeness (QED) is 0.839. The molecule has 0 radical (unpaired) electrons. The topological polar surface area (TPSA) is 58.8 Å². The molecule has 3 heterocycles. The molecule has 0 saturated carbocycles. The highest BCUT2D eigenvalue weighted by Gasteiger charge is 2.44. The van der Waals surface area contributed by atoms with Crippen molar-refractivity contribution in [2.45, 2.75) is 25.3 Å². The van der Waals surface area contributed by atoms with Crippen LogP contribution in [0, 0.1) is 5.41 Å². The number of likely N-dealkylation sites (N-methyl/N-ethyl adjacent to an activating group) is 1. The minimum absolute atomic E-state index is 0.0154. The van der Waals surface area contributed by atoms with E-state index in [-0.39, 0.29) is 5.91 Å². The van der Waals surface area contributed by atoms with Crippen LogP contribution in [0.25, 0.3) is 0 Å². The molecular formula is C15H23N3O3. The first-order valence-corrected chi connectivity index (χ1v) is 7.50. The van der Waals surface area contributed by atoms with Crippen molar-refractivity contribution in [3.8, 4) is 0 Å². The van der Waals surface area contributed by atoms with Gasteiger partial charge in [0.2, 0.25) is 0 Å². The molecule has 0 N–H and O–H groups in total. The van der Waals surface area contributed by atoms with E-state index in [0.29, 0.717) is 17.2 Å². The lowest BCUT2D eigenvalue weighted by Gasteiger charge is -2.39. The first-order chi connectivity index (χ1) is 10.1. The first-order valence-electron chi connectivity index (χ1n) is 7.50. The molecule has 1 aromatic rings. The zero-order chi connectivity index (χ0) is 14.9. The molecule has 1 aromatic heterocycles. The number of ether oxygens (including phenoxy) is 1. The maximum absolute atomic E-state index is 12.3. The van der Waals surface area contributed by atoms with E-state index in [9.17, 15) is 4.79 Å². The second kappa shape index (κ2) is 5.77. The maximum atomic E-state index is 12.3. The van der Waals surface area contributed by atoms with Gasteiger partial charge in [-0.2, -0.15) is 0 Å². The van der Waals surface area contributed by atoms with Gasteiger partial charge in [0, 0.05) is 32.8 Å². The highest BCUT2D eigenvalue weighted by molar-refractivity contribution is 5.91. The monoisotopic (exact) mass is 293 g/mol. The Bertz CT molecular complexity index is 480. The zero-order valence-corrected chi connectivity index (χ0v) is 12.7. The first kappa shape index (κ1) is 14.5. The Balaban J connectivity index is 1.59. The van der Waals surface area contributed by atoms with Gasteiger partial charge in [-0.3, -0.25) is 4.79 Å². The highest BCUT2D eigenvalue weighted by Crippen LogP contribution is 2.42. The Labute approximate surface area is 125 Å². The fraction of sp³-hybridized carbons (Fsp3) is 0.733. The average molecular weight is 293 g/mol. The summed E-state index contributed by atoms with van der Waals surface area (Å²) in [5, 5.41) is 0. The highest BCUT2D eigenvalue weighted by atomic mass is 16.5. The fourth-order valence-electron chi connectivity index (χ4n) is 3.78. The van der Waals surface area contributed by atoms with Gasteiger partial charge in [-0.05, 0) is 31.7 Å². The van der Waals surface area contributed by atoms with Crippen LogP contribution in [-0.4, -0.2) is 67.1 Å². The van der Waals surface area contributed by atoms with Gasteiger partial charge in [0.25, 0.3) is 5.91 Å². The van der Waals surface area contributed by atoms with E-state index in [1.165, 1.54) is 19.1 Å². The van der Waals surface area contributed by atoms with E-state index < -0.39 is 0 Å². The standard InChI is InChI=1S/C15H23N3O3/c1-17-10-15(7-12(17)8-20-2)3-5-18(6-4-15)14(19)13-9-21-11-16-13/h9,11-12H,3-8,10H2,1-2H3/t12-/m0/s1. The van der Waals surface area contributed by atoms with Gasteiger partial charge >= 0.3 is 0 Å². The molecular weight excluding hydrogens is 270 g/mol. The van der Waals surface area contributed by atoms with E-state index in [4.69, 9.17) is 9.15 Å². The molecule has 1 amide bonds. The Morgan fingerprint density at radius 3 is 2.90 bits per heavy atom. The lowest BCUT2D eigenvalue weighted by Crippen LogP contribution is -2.44. The van der Waals surface area contributed by atoms with E-state index in [0.717, 1.165) is 39.1 Å². The van der Waals surface area contributed by atoms with Crippen molar-refractivity contribution in [2.75, 3.05) is 40.4 Å². The molecule has 0 aromatic carbocycles. The largest absolute Gasteiger partial charge is 0.451 e. The molecule has 0 unspecified atom stereocenters. The number of hydrogen-bond acceptors (Lipinski definition) is 5. The third-order valence-electron chi connectivity index (χ3n) is 5.00. The molecule has 2 aliphatic rings. The molecule has 2 saturated heterocycles. The predicted octanol–water partition coefficient (Wildman–Crippen LogP) is 1.25. The van der Waals surface area contributed by atoms with Gasteiger partial charge in [-0.1, -0.05) is 0 Å². The number of aromatic nitrogens is 1. The number of hydrogen-bond donors (Lipinski definition) is 0. The predicted molar refractivity (Wildman–Crippen MR) is 77.0 cm³/mol. The molecule has 0 bridgehead atoms. The van der Waals surface area contributed by atoms with Gasteiger partial charge in [0.15, 0.2) is 12.1 Å².